The van der Waals surface area contributed by atoms with E-state index < -0.39 is 0 Å². The van der Waals surface area contributed by atoms with Gasteiger partial charge in [0, 0.05) is 19.3 Å². The van der Waals surface area contributed by atoms with Crippen molar-refractivity contribution in [1.82, 2.24) is 20.7 Å². The van der Waals surface area contributed by atoms with Gasteiger partial charge in [-0.1, -0.05) is 0 Å². The predicted octanol–water partition coefficient (Wildman–Crippen LogP) is -0.227. The van der Waals surface area contributed by atoms with Crippen molar-refractivity contribution in [1.29, 1.82) is 0 Å². The molecule has 0 spiro atoms. The second-order valence-corrected chi connectivity index (χ2v) is 3.83. The Morgan fingerprint density at radius 2 is 2.20 bits per heavy atom. The topological polar surface area (TPSA) is 47.6 Å². The van der Waals surface area contributed by atoms with Crippen LogP contribution in [0.25, 0.3) is 0 Å². The molecule has 0 aromatic heterocycles. The summed E-state index contributed by atoms with van der Waals surface area (Å²) in [6.07, 6.45) is 1.89. The SMILES string of the molecule is CCN1C=C2NC(=S)N(CC)C(=O)C2N1. The highest BCUT2D eigenvalue weighted by Gasteiger charge is 2.38. The molecule has 1 fully saturated rings. The highest BCUT2D eigenvalue weighted by molar-refractivity contribution is 7.80. The molecule has 2 N–H and O–H groups in total. The molecule has 0 aromatic rings. The molecule has 0 aromatic carbocycles. The van der Waals surface area contributed by atoms with E-state index >= 15 is 0 Å². The average Bonchev–Trinajstić information content (AvgIpc) is 2.61. The van der Waals surface area contributed by atoms with Crippen molar-refractivity contribution in [3.63, 3.8) is 0 Å². The van der Waals surface area contributed by atoms with Crippen molar-refractivity contribution >= 4 is 23.2 Å². The van der Waals surface area contributed by atoms with Crippen LogP contribution in [0.4, 0.5) is 0 Å². The Bertz CT molecular complexity index is 341. The lowest BCUT2D eigenvalue weighted by molar-refractivity contribution is -0.129. The number of thiocarbonyl (C=S) groups is 1. The van der Waals surface area contributed by atoms with E-state index in [1.165, 1.54) is 0 Å². The minimum atomic E-state index is -0.295. The molecule has 15 heavy (non-hydrogen) atoms. The van der Waals surface area contributed by atoms with Crippen LogP contribution in [-0.2, 0) is 4.79 Å². The van der Waals surface area contributed by atoms with Gasteiger partial charge < -0.3 is 10.3 Å². The summed E-state index contributed by atoms with van der Waals surface area (Å²) in [5.74, 6) is 0.0171. The highest BCUT2D eigenvalue weighted by Crippen LogP contribution is 2.17. The normalized spacial score (nSPS) is 25.2. The molecule has 1 atom stereocenters. The Morgan fingerprint density at radius 1 is 1.47 bits per heavy atom. The maximum Gasteiger partial charge on any atom is 0.253 e. The lowest BCUT2D eigenvalue weighted by Crippen LogP contribution is -2.58. The molecule has 2 aliphatic heterocycles. The molecule has 1 saturated heterocycles. The number of nitrogens with one attached hydrogen (secondary N) is 2. The fraction of sp³-hybridized carbons (Fsp3) is 0.556. The van der Waals surface area contributed by atoms with E-state index in [4.69, 9.17) is 12.2 Å². The van der Waals surface area contributed by atoms with Crippen LogP contribution < -0.4 is 10.7 Å². The molecule has 0 aliphatic carbocycles. The minimum Gasteiger partial charge on any atom is -0.333 e. The van der Waals surface area contributed by atoms with E-state index in [9.17, 15) is 4.79 Å². The zero-order valence-electron chi connectivity index (χ0n) is 8.78. The molecule has 2 rings (SSSR count). The predicted molar refractivity (Wildman–Crippen MR) is 60.5 cm³/mol. The summed E-state index contributed by atoms with van der Waals surface area (Å²) in [7, 11) is 0. The van der Waals surface area contributed by atoms with Gasteiger partial charge in [0.2, 0.25) is 0 Å². The number of carbonyl (C=O) groups excluding carboxylic acids is 1. The fourth-order valence-corrected chi connectivity index (χ4v) is 2.07. The first kappa shape index (κ1) is 10.4. The van der Waals surface area contributed by atoms with Crippen molar-refractivity contribution in [3.05, 3.63) is 11.9 Å². The summed E-state index contributed by atoms with van der Waals surface area (Å²) < 4.78 is 0. The van der Waals surface area contributed by atoms with Gasteiger partial charge in [-0.3, -0.25) is 9.69 Å². The van der Waals surface area contributed by atoms with Gasteiger partial charge in [0.05, 0.1) is 5.70 Å². The number of fused-ring (bicyclic) bond motifs is 1. The van der Waals surface area contributed by atoms with Crippen LogP contribution in [0.5, 0.6) is 0 Å². The second kappa shape index (κ2) is 3.79. The molecule has 0 bridgehead atoms. The fourth-order valence-electron chi connectivity index (χ4n) is 1.74. The molecule has 1 amide bonds. The second-order valence-electron chi connectivity index (χ2n) is 3.45. The van der Waals surface area contributed by atoms with Gasteiger partial charge >= 0.3 is 0 Å². The minimum absolute atomic E-state index is 0.0171. The lowest BCUT2D eigenvalue weighted by Gasteiger charge is -2.32. The summed E-state index contributed by atoms with van der Waals surface area (Å²) in [4.78, 5) is 13.6. The summed E-state index contributed by atoms with van der Waals surface area (Å²) in [6.45, 7) is 5.34. The number of carbonyl (C=O) groups is 1. The third-order valence-corrected chi connectivity index (χ3v) is 2.89. The number of rotatable bonds is 2. The first-order valence-electron chi connectivity index (χ1n) is 5.04. The van der Waals surface area contributed by atoms with Gasteiger partial charge in [-0.2, -0.15) is 0 Å². The van der Waals surface area contributed by atoms with Gasteiger partial charge in [0.25, 0.3) is 5.91 Å². The summed E-state index contributed by atoms with van der Waals surface area (Å²) in [5.41, 5.74) is 3.95. The van der Waals surface area contributed by atoms with E-state index in [-0.39, 0.29) is 11.9 Å². The molecule has 0 saturated carbocycles. The molecule has 6 heteroatoms. The Kier molecular flexibility index (Phi) is 2.62. The molecule has 5 nitrogen and oxygen atoms in total. The van der Waals surface area contributed by atoms with Crippen LogP contribution in [0, 0.1) is 0 Å². The number of hydrogen-bond donors (Lipinski definition) is 2. The molecular formula is C9H14N4OS. The Labute approximate surface area is 94.1 Å². The van der Waals surface area contributed by atoms with Crippen LogP contribution >= 0.6 is 12.2 Å². The van der Waals surface area contributed by atoms with Crippen LogP contribution in [0.2, 0.25) is 0 Å². The van der Waals surface area contributed by atoms with Gasteiger partial charge in [0.1, 0.15) is 6.04 Å². The van der Waals surface area contributed by atoms with Gasteiger partial charge in [-0.25, -0.2) is 5.43 Å². The summed E-state index contributed by atoms with van der Waals surface area (Å²) >= 11 is 5.11. The van der Waals surface area contributed by atoms with E-state index in [0.29, 0.717) is 11.7 Å². The zero-order chi connectivity index (χ0) is 11.0. The molecule has 1 unspecified atom stereocenters. The zero-order valence-corrected chi connectivity index (χ0v) is 9.60. The monoisotopic (exact) mass is 226 g/mol. The first-order chi connectivity index (χ1) is 7.17. The van der Waals surface area contributed by atoms with Gasteiger partial charge in [-0.15, -0.1) is 0 Å². The molecule has 2 heterocycles. The number of hydrazine groups is 1. The van der Waals surface area contributed by atoms with Crippen LogP contribution in [-0.4, -0.2) is 40.1 Å². The third-order valence-electron chi connectivity index (χ3n) is 2.57. The summed E-state index contributed by atoms with van der Waals surface area (Å²) in [6, 6.07) is -0.295. The molecular weight excluding hydrogens is 212 g/mol. The Balaban J connectivity index is 2.22. The number of likely N-dealkylation sites (N-methyl/N-ethyl adjacent to an activating group) is 1. The van der Waals surface area contributed by atoms with Gasteiger partial charge in [0.15, 0.2) is 5.11 Å². The third kappa shape index (κ3) is 1.59. The smallest absolute Gasteiger partial charge is 0.253 e. The van der Waals surface area contributed by atoms with E-state index in [1.54, 1.807) is 4.90 Å². The van der Waals surface area contributed by atoms with E-state index in [0.717, 1.165) is 12.2 Å². The summed E-state index contributed by atoms with van der Waals surface area (Å²) in [5, 5.41) is 5.44. The lowest BCUT2D eigenvalue weighted by atomic mass is 10.2. The van der Waals surface area contributed by atoms with Crippen molar-refractivity contribution in [3.8, 4) is 0 Å². The number of nitrogens with zero attached hydrogens (tertiary/aromatic N) is 2. The Morgan fingerprint density at radius 3 is 2.80 bits per heavy atom. The maximum atomic E-state index is 12.0. The van der Waals surface area contributed by atoms with Crippen LogP contribution in [0.1, 0.15) is 13.8 Å². The average molecular weight is 226 g/mol. The standard InChI is InChI=1S/C9H14N4OS/c1-3-12-5-6-7(11-12)8(14)13(4-2)9(15)10-6/h5,7,11H,3-4H2,1-2H3,(H,10,15). The van der Waals surface area contributed by atoms with Crippen molar-refractivity contribution in [2.75, 3.05) is 13.1 Å². The Hall–Kier alpha value is -1.14. The first-order valence-corrected chi connectivity index (χ1v) is 5.45. The number of amides is 1. The largest absolute Gasteiger partial charge is 0.333 e. The van der Waals surface area contributed by atoms with Crippen LogP contribution in [0.15, 0.2) is 11.9 Å². The highest BCUT2D eigenvalue weighted by atomic mass is 32.1. The van der Waals surface area contributed by atoms with Crippen molar-refractivity contribution in [2.24, 2.45) is 0 Å². The molecule has 0 radical (unpaired) electrons. The maximum absolute atomic E-state index is 12.0. The van der Waals surface area contributed by atoms with Crippen molar-refractivity contribution in [2.45, 2.75) is 19.9 Å². The van der Waals surface area contributed by atoms with Crippen LogP contribution in [0.3, 0.4) is 0 Å². The van der Waals surface area contributed by atoms with E-state index in [1.807, 2.05) is 25.1 Å². The number of hydrogen-bond acceptors (Lipinski definition) is 4. The van der Waals surface area contributed by atoms with E-state index in [2.05, 4.69) is 10.7 Å². The van der Waals surface area contributed by atoms with Gasteiger partial charge in [-0.05, 0) is 26.1 Å². The van der Waals surface area contributed by atoms with Crippen molar-refractivity contribution < 1.29 is 4.79 Å². The quantitative estimate of drug-likeness (QED) is 0.637. The molecule has 2 aliphatic rings. The molecule has 82 valence electrons.